The molecule has 0 heterocycles. The van der Waals surface area contributed by atoms with Crippen LogP contribution in [0.25, 0.3) is 0 Å². The number of carbonyl (C=O) groups excluding carboxylic acids is 1. The van der Waals surface area contributed by atoms with E-state index in [0.717, 1.165) is 6.42 Å². The molecule has 1 atom stereocenters. The van der Waals surface area contributed by atoms with Crippen LogP contribution in [0.3, 0.4) is 0 Å². The van der Waals surface area contributed by atoms with Crippen molar-refractivity contribution in [2.24, 2.45) is 5.92 Å². The van der Waals surface area contributed by atoms with E-state index in [4.69, 9.17) is 10.8 Å². The lowest BCUT2D eigenvalue weighted by Gasteiger charge is -2.14. The van der Waals surface area contributed by atoms with Crippen molar-refractivity contribution in [3.63, 3.8) is 0 Å². The first-order chi connectivity index (χ1) is 8.58. The van der Waals surface area contributed by atoms with Crippen molar-refractivity contribution in [2.75, 3.05) is 18.9 Å². The van der Waals surface area contributed by atoms with Crippen molar-refractivity contribution in [2.45, 2.75) is 19.8 Å². The highest BCUT2D eigenvalue weighted by molar-refractivity contribution is 5.95. The Bertz CT molecular complexity index is 410. The topological polar surface area (TPSA) is 75.3 Å². The van der Waals surface area contributed by atoms with E-state index in [-0.39, 0.29) is 24.1 Å². The van der Waals surface area contributed by atoms with E-state index in [0.29, 0.717) is 18.5 Å². The number of amides is 1. The van der Waals surface area contributed by atoms with Gasteiger partial charge in [-0.3, -0.25) is 4.79 Å². The lowest BCUT2D eigenvalue weighted by molar-refractivity contribution is 0.0943. The second-order valence-corrected chi connectivity index (χ2v) is 4.23. The summed E-state index contributed by atoms with van der Waals surface area (Å²) < 4.78 is 12.9. The molecule has 100 valence electrons. The third-order valence-corrected chi connectivity index (χ3v) is 2.92. The molecule has 1 aromatic rings. The fourth-order valence-electron chi connectivity index (χ4n) is 1.66. The summed E-state index contributed by atoms with van der Waals surface area (Å²) >= 11 is 0. The van der Waals surface area contributed by atoms with Crippen molar-refractivity contribution >= 4 is 11.6 Å². The predicted octanol–water partition coefficient (Wildman–Crippen LogP) is 1.55. The first-order valence-electron chi connectivity index (χ1n) is 6.02. The van der Waals surface area contributed by atoms with Crippen LogP contribution in [0.4, 0.5) is 10.1 Å². The zero-order chi connectivity index (χ0) is 13.5. The van der Waals surface area contributed by atoms with Gasteiger partial charge in [0.05, 0.1) is 5.69 Å². The second-order valence-electron chi connectivity index (χ2n) is 4.23. The number of nitrogens with one attached hydrogen (secondary N) is 1. The molecule has 0 aliphatic rings. The zero-order valence-electron chi connectivity index (χ0n) is 10.4. The summed E-state index contributed by atoms with van der Waals surface area (Å²) in [7, 11) is 0. The average Bonchev–Trinajstić information content (AvgIpc) is 2.37. The number of benzene rings is 1. The standard InChI is InChI=1S/C13H19FN2O2/c1-2-9(5-6-17)8-16-13(18)10-3-4-11(14)12(15)7-10/h3-4,7,9,17H,2,5-6,8,15H2,1H3,(H,16,18). The number of aliphatic hydroxyl groups excluding tert-OH is 1. The van der Waals surface area contributed by atoms with Gasteiger partial charge < -0.3 is 16.2 Å². The minimum atomic E-state index is -0.529. The van der Waals surface area contributed by atoms with Gasteiger partial charge >= 0.3 is 0 Å². The number of nitrogen functional groups attached to an aromatic ring is 1. The van der Waals surface area contributed by atoms with Crippen LogP contribution in [0.5, 0.6) is 0 Å². The Hall–Kier alpha value is -1.62. The number of anilines is 1. The molecule has 1 amide bonds. The lowest BCUT2D eigenvalue weighted by atomic mass is 10.0. The van der Waals surface area contributed by atoms with Gasteiger partial charge in [0, 0.05) is 18.7 Å². The highest BCUT2D eigenvalue weighted by Gasteiger charge is 2.11. The van der Waals surface area contributed by atoms with Crippen molar-refractivity contribution in [3.8, 4) is 0 Å². The molecular weight excluding hydrogens is 235 g/mol. The van der Waals surface area contributed by atoms with Crippen LogP contribution >= 0.6 is 0 Å². The number of hydrogen-bond donors (Lipinski definition) is 3. The van der Waals surface area contributed by atoms with Crippen LogP contribution in [0, 0.1) is 11.7 Å². The second kappa shape index (κ2) is 6.96. The van der Waals surface area contributed by atoms with Gasteiger partial charge in [0.15, 0.2) is 0 Å². The Kier molecular flexibility index (Phi) is 5.58. The number of nitrogens with two attached hydrogens (primary N) is 1. The van der Waals surface area contributed by atoms with Crippen LogP contribution in [0.1, 0.15) is 30.1 Å². The van der Waals surface area contributed by atoms with Crippen LogP contribution in [-0.2, 0) is 0 Å². The molecule has 0 radical (unpaired) electrons. The third kappa shape index (κ3) is 4.00. The predicted molar refractivity (Wildman–Crippen MR) is 68.6 cm³/mol. The molecule has 1 rings (SSSR count). The van der Waals surface area contributed by atoms with Gasteiger partial charge in [-0.05, 0) is 30.5 Å². The molecule has 0 saturated carbocycles. The number of hydrogen-bond acceptors (Lipinski definition) is 3. The van der Waals surface area contributed by atoms with Crippen LogP contribution < -0.4 is 11.1 Å². The summed E-state index contributed by atoms with van der Waals surface area (Å²) in [5, 5.41) is 11.6. The van der Waals surface area contributed by atoms with E-state index in [1.165, 1.54) is 18.2 Å². The lowest BCUT2D eigenvalue weighted by Crippen LogP contribution is -2.29. The van der Waals surface area contributed by atoms with Gasteiger partial charge in [0.1, 0.15) is 5.82 Å². The molecule has 4 N–H and O–H groups in total. The number of rotatable bonds is 6. The Balaban J connectivity index is 2.57. The largest absolute Gasteiger partial charge is 0.396 e. The van der Waals surface area contributed by atoms with Crippen molar-refractivity contribution in [1.29, 1.82) is 0 Å². The molecule has 0 spiro atoms. The molecule has 0 bridgehead atoms. The zero-order valence-corrected chi connectivity index (χ0v) is 10.4. The maximum atomic E-state index is 12.9. The summed E-state index contributed by atoms with van der Waals surface area (Å²) in [5.74, 6) is -0.562. The first kappa shape index (κ1) is 14.4. The fraction of sp³-hybridized carbons (Fsp3) is 0.462. The normalized spacial score (nSPS) is 12.2. The molecule has 0 aromatic heterocycles. The van der Waals surface area contributed by atoms with E-state index in [2.05, 4.69) is 5.32 Å². The number of halogens is 1. The SMILES string of the molecule is CCC(CCO)CNC(=O)c1ccc(F)c(N)c1. The Morgan fingerprint density at radius 1 is 1.56 bits per heavy atom. The third-order valence-electron chi connectivity index (χ3n) is 2.92. The molecule has 0 saturated heterocycles. The van der Waals surface area contributed by atoms with Crippen LogP contribution in [0.15, 0.2) is 18.2 Å². The van der Waals surface area contributed by atoms with Gasteiger partial charge in [-0.25, -0.2) is 4.39 Å². The minimum Gasteiger partial charge on any atom is -0.396 e. The van der Waals surface area contributed by atoms with Crippen molar-refractivity contribution < 1.29 is 14.3 Å². The monoisotopic (exact) mass is 254 g/mol. The van der Waals surface area contributed by atoms with Crippen molar-refractivity contribution in [1.82, 2.24) is 5.32 Å². The number of carbonyl (C=O) groups is 1. The highest BCUT2D eigenvalue weighted by Crippen LogP contribution is 2.12. The molecule has 1 unspecified atom stereocenters. The van der Waals surface area contributed by atoms with Gasteiger partial charge in [-0.2, -0.15) is 0 Å². The summed E-state index contributed by atoms with van der Waals surface area (Å²) in [4.78, 5) is 11.8. The molecule has 1 aromatic carbocycles. The highest BCUT2D eigenvalue weighted by atomic mass is 19.1. The average molecular weight is 254 g/mol. The van der Waals surface area contributed by atoms with E-state index in [9.17, 15) is 9.18 Å². The Morgan fingerprint density at radius 3 is 2.83 bits per heavy atom. The fourth-order valence-corrected chi connectivity index (χ4v) is 1.66. The molecule has 0 fully saturated rings. The molecule has 5 heteroatoms. The van der Waals surface area contributed by atoms with E-state index in [1.807, 2.05) is 6.92 Å². The molecule has 18 heavy (non-hydrogen) atoms. The summed E-state index contributed by atoms with van der Waals surface area (Å²) in [6, 6.07) is 3.89. The summed E-state index contributed by atoms with van der Waals surface area (Å²) in [6.45, 7) is 2.60. The first-order valence-corrected chi connectivity index (χ1v) is 6.02. The molecule has 0 aliphatic heterocycles. The minimum absolute atomic E-state index is 0.0370. The van der Waals surface area contributed by atoms with Gasteiger partial charge in [0.2, 0.25) is 0 Å². The maximum Gasteiger partial charge on any atom is 0.251 e. The molecule has 4 nitrogen and oxygen atoms in total. The van der Waals surface area contributed by atoms with E-state index >= 15 is 0 Å². The van der Waals surface area contributed by atoms with Gasteiger partial charge in [-0.1, -0.05) is 13.3 Å². The number of aliphatic hydroxyl groups is 1. The maximum absolute atomic E-state index is 12.9. The van der Waals surface area contributed by atoms with Crippen LogP contribution in [0.2, 0.25) is 0 Å². The summed E-state index contributed by atoms with van der Waals surface area (Å²) in [6.07, 6.45) is 1.54. The van der Waals surface area contributed by atoms with Crippen molar-refractivity contribution in [3.05, 3.63) is 29.6 Å². The molecular formula is C13H19FN2O2. The van der Waals surface area contributed by atoms with E-state index < -0.39 is 5.82 Å². The quantitative estimate of drug-likeness (QED) is 0.674. The molecule has 0 aliphatic carbocycles. The summed E-state index contributed by atoms with van der Waals surface area (Å²) in [5.41, 5.74) is 5.70. The van der Waals surface area contributed by atoms with Crippen LogP contribution in [-0.4, -0.2) is 24.2 Å². The Labute approximate surface area is 106 Å². The Morgan fingerprint density at radius 2 is 2.28 bits per heavy atom. The van der Waals surface area contributed by atoms with Gasteiger partial charge in [0.25, 0.3) is 5.91 Å². The van der Waals surface area contributed by atoms with E-state index in [1.54, 1.807) is 0 Å². The van der Waals surface area contributed by atoms with Gasteiger partial charge in [-0.15, -0.1) is 0 Å². The smallest absolute Gasteiger partial charge is 0.251 e.